The maximum absolute atomic E-state index is 5.92. The van der Waals surface area contributed by atoms with Crippen LogP contribution < -0.4 is 4.74 Å². The number of rotatable bonds is 7. The summed E-state index contributed by atoms with van der Waals surface area (Å²) in [7, 11) is 0. The summed E-state index contributed by atoms with van der Waals surface area (Å²) in [6, 6.07) is 23.0. The minimum atomic E-state index is 0.416. The van der Waals surface area contributed by atoms with Crippen molar-refractivity contribution in [1.82, 2.24) is 14.8 Å². The van der Waals surface area contributed by atoms with Crippen LogP contribution in [0.4, 0.5) is 0 Å². The van der Waals surface area contributed by atoms with Crippen LogP contribution in [0, 0.1) is 6.92 Å². The van der Waals surface area contributed by atoms with Crippen LogP contribution in [-0.2, 0) is 18.9 Å². The smallest absolute Gasteiger partial charge is 0.191 e. The lowest BCUT2D eigenvalue weighted by Gasteiger charge is -2.10. The maximum atomic E-state index is 5.92. The van der Waals surface area contributed by atoms with E-state index in [1.54, 1.807) is 11.8 Å². The van der Waals surface area contributed by atoms with Crippen molar-refractivity contribution in [3.8, 4) is 5.75 Å². The van der Waals surface area contributed by atoms with E-state index in [2.05, 4.69) is 77.1 Å². The second-order valence-electron chi connectivity index (χ2n) is 6.68. The van der Waals surface area contributed by atoms with Crippen molar-refractivity contribution < 1.29 is 4.74 Å². The van der Waals surface area contributed by atoms with Gasteiger partial charge in [0.25, 0.3) is 0 Å². The fraction of sp³-hybridized carbons (Fsp3) is 0.217. The van der Waals surface area contributed by atoms with E-state index in [0.717, 1.165) is 29.0 Å². The van der Waals surface area contributed by atoms with E-state index in [-0.39, 0.29) is 0 Å². The molecule has 0 amide bonds. The van der Waals surface area contributed by atoms with Crippen LogP contribution in [0.1, 0.15) is 23.9 Å². The highest BCUT2D eigenvalue weighted by molar-refractivity contribution is 7.98. The molecule has 0 unspecified atom stereocenters. The Hall–Kier alpha value is -2.79. The van der Waals surface area contributed by atoms with E-state index in [0.29, 0.717) is 6.61 Å². The van der Waals surface area contributed by atoms with Crippen LogP contribution in [0.3, 0.4) is 0 Å². The van der Waals surface area contributed by atoms with Crippen LogP contribution in [0.15, 0.2) is 71.9 Å². The molecule has 1 heterocycles. The predicted molar refractivity (Wildman–Crippen MR) is 115 cm³/mol. The molecular formula is C23H23N3OS. The number of aryl methyl sites for hydroxylation is 1. The largest absolute Gasteiger partial charge is 0.486 e. The number of aromatic nitrogens is 3. The molecule has 4 rings (SSSR count). The van der Waals surface area contributed by atoms with Crippen molar-refractivity contribution in [3.05, 3.63) is 83.7 Å². The second kappa shape index (κ2) is 8.48. The SMILES string of the molecule is CCn1c(COc2cccc(C)c2)nnc1SCc1cccc2ccccc12. The highest BCUT2D eigenvalue weighted by Crippen LogP contribution is 2.27. The average Bonchev–Trinajstić information content (AvgIpc) is 3.12. The third kappa shape index (κ3) is 4.04. The quantitative estimate of drug-likeness (QED) is 0.384. The molecule has 4 aromatic rings. The summed E-state index contributed by atoms with van der Waals surface area (Å²) in [5.41, 5.74) is 2.49. The van der Waals surface area contributed by atoms with Crippen molar-refractivity contribution in [2.75, 3.05) is 0 Å². The Bertz CT molecular complexity index is 1080. The zero-order valence-corrected chi connectivity index (χ0v) is 16.9. The maximum Gasteiger partial charge on any atom is 0.191 e. The third-order valence-corrected chi connectivity index (χ3v) is 5.72. The summed E-state index contributed by atoms with van der Waals surface area (Å²) >= 11 is 1.72. The Kier molecular flexibility index (Phi) is 5.63. The molecular weight excluding hydrogens is 366 g/mol. The van der Waals surface area contributed by atoms with Gasteiger partial charge in [0.15, 0.2) is 11.0 Å². The van der Waals surface area contributed by atoms with Gasteiger partial charge >= 0.3 is 0 Å². The van der Waals surface area contributed by atoms with Crippen molar-refractivity contribution in [1.29, 1.82) is 0 Å². The molecule has 5 heteroatoms. The molecule has 0 spiro atoms. The van der Waals surface area contributed by atoms with Crippen molar-refractivity contribution >= 4 is 22.5 Å². The van der Waals surface area contributed by atoms with Crippen molar-refractivity contribution in [2.45, 2.75) is 37.9 Å². The molecule has 0 radical (unpaired) electrons. The molecule has 1 aromatic heterocycles. The van der Waals surface area contributed by atoms with Gasteiger partial charge in [0.1, 0.15) is 12.4 Å². The average molecular weight is 390 g/mol. The summed E-state index contributed by atoms with van der Waals surface area (Å²) in [5.74, 6) is 2.57. The lowest BCUT2D eigenvalue weighted by atomic mass is 10.1. The van der Waals surface area contributed by atoms with E-state index in [1.807, 2.05) is 18.2 Å². The first-order chi connectivity index (χ1) is 13.7. The van der Waals surface area contributed by atoms with Gasteiger partial charge in [0.2, 0.25) is 0 Å². The van der Waals surface area contributed by atoms with Crippen molar-refractivity contribution in [2.24, 2.45) is 0 Å². The number of ether oxygens (including phenoxy) is 1. The lowest BCUT2D eigenvalue weighted by molar-refractivity contribution is 0.288. The van der Waals surface area contributed by atoms with Gasteiger partial charge in [0, 0.05) is 12.3 Å². The lowest BCUT2D eigenvalue weighted by Crippen LogP contribution is -2.07. The fourth-order valence-corrected chi connectivity index (χ4v) is 4.29. The minimum absolute atomic E-state index is 0.416. The molecule has 142 valence electrons. The van der Waals surface area contributed by atoms with Gasteiger partial charge in [0.05, 0.1) is 0 Å². The van der Waals surface area contributed by atoms with E-state index in [1.165, 1.54) is 21.9 Å². The van der Waals surface area contributed by atoms with E-state index < -0.39 is 0 Å². The topological polar surface area (TPSA) is 39.9 Å². The molecule has 28 heavy (non-hydrogen) atoms. The van der Waals surface area contributed by atoms with Crippen LogP contribution in [0.2, 0.25) is 0 Å². The first-order valence-corrected chi connectivity index (χ1v) is 10.4. The van der Waals surface area contributed by atoms with Gasteiger partial charge in [-0.3, -0.25) is 0 Å². The van der Waals surface area contributed by atoms with Gasteiger partial charge in [-0.15, -0.1) is 10.2 Å². The van der Waals surface area contributed by atoms with Crippen LogP contribution in [0.25, 0.3) is 10.8 Å². The number of hydrogen-bond donors (Lipinski definition) is 0. The number of nitrogens with zero attached hydrogens (tertiary/aromatic N) is 3. The molecule has 0 aliphatic rings. The summed E-state index contributed by atoms with van der Waals surface area (Å²) in [6.45, 7) is 5.40. The highest BCUT2D eigenvalue weighted by atomic mass is 32.2. The molecule has 0 aliphatic heterocycles. The van der Waals surface area contributed by atoms with Gasteiger partial charge in [-0.1, -0.05) is 66.4 Å². The van der Waals surface area contributed by atoms with Crippen molar-refractivity contribution in [3.63, 3.8) is 0 Å². The molecule has 3 aromatic carbocycles. The van der Waals surface area contributed by atoms with Crippen LogP contribution in [0.5, 0.6) is 5.75 Å². The zero-order chi connectivity index (χ0) is 19.3. The number of thioether (sulfide) groups is 1. The molecule has 0 bridgehead atoms. The Balaban J connectivity index is 1.48. The van der Waals surface area contributed by atoms with Gasteiger partial charge in [-0.25, -0.2) is 0 Å². The zero-order valence-electron chi connectivity index (χ0n) is 16.1. The monoisotopic (exact) mass is 389 g/mol. The molecule has 0 fully saturated rings. The number of fused-ring (bicyclic) bond motifs is 1. The van der Waals surface area contributed by atoms with Gasteiger partial charge in [-0.05, 0) is 47.9 Å². The molecule has 4 nitrogen and oxygen atoms in total. The third-order valence-electron chi connectivity index (χ3n) is 4.70. The highest BCUT2D eigenvalue weighted by Gasteiger charge is 2.13. The number of benzene rings is 3. The predicted octanol–water partition coefficient (Wildman–Crippen LogP) is 5.63. The number of hydrogen-bond acceptors (Lipinski definition) is 4. The molecule has 0 saturated heterocycles. The molecule has 0 aliphatic carbocycles. The van der Waals surface area contributed by atoms with Gasteiger partial charge in [-0.2, -0.15) is 0 Å². The Morgan fingerprint density at radius 2 is 1.79 bits per heavy atom. The Morgan fingerprint density at radius 1 is 0.964 bits per heavy atom. The van der Waals surface area contributed by atoms with E-state index in [4.69, 9.17) is 4.74 Å². The first-order valence-electron chi connectivity index (χ1n) is 9.45. The van der Waals surface area contributed by atoms with Crippen LogP contribution in [-0.4, -0.2) is 14.8 Å². The molecule has 0 atom stereocenters. The molecule has 0 saturated carbocycles. The van der Waals surface area contributed by atoms with Crippen LogP contribution >= 0.6 is 11.8 Å². The van der Waals surface area contributed by atoms with Gasteiger partial charge < -0.3 is 9.30 Å². The minimum Gasteiger partial charge on any atom is -0.486 e. The summed E-state index contributed by atoms with van der Waals surface area (Å²) < 4.78 is 8.05. The first kappa shape index (κ1) is 18.6. The summed E-state index contributed by atoms with van der Waals surface area (Å²) in [6.07, 6.45) is 0. The molecule has 0 N–H and O–H groups in total. The Morgan fingerprint density at radius 3 is 2.64 bits per heavy atom. The summed E-state index contributed by atoms with van der Waals surface area (Å²) in [4.78, 5) is 0. The van der Waals surface area contributed by atoms with E-state index >= 15 is 0 Å². The van der Waals surface area contributed by atoms with E-state index in [9.17, 15) is 0 Å². The Labute approximate surface area is 169 Å². The second-order valence-corrected chi connectivity index (χ2v) is 7.62. The fourth-order valence-electron chi connectivity index (χ4n) is 3.26. The summed E-state index contributed by atoms with van der Waals surface area (Å²) in [5, 5.41) is 12.3. The normalized spacial score (nSPS) is 11.1. The standard InChI is InChI=1S/C23H23N3OS/c1-3-26-22(15-27-20-12-6-8-17(2)14-20)24-25-23(26)28-16-19-11-7-10-18-9-4-5-13-21(18)19/h4-14H,3,15-16H2,1-2H3.